The van der Waals surface area contributed by atoms with E-state index in [0.29, 0.717) is 52.9 Å². The Morgan fingerprint density at radius 2 is 1.61 bits per heavy atom. The third-order valence-electron chi connectivity index (χ3n) is 8.22. The molecule has 1 heterocycles. The van der Waals surface area contributed by atoms with Crippen molar-refractivity contribution in [2.24, 2.45) is 4.99 Å². The van der Waals surface area contributed by atoms with Gasteiger partial charge in [0.25, 0.3) is 5.91 Å². The molecule has 0 bridgehead atoms. The average molecular weight is 733 g/mol. The fourth-order valence-corrected chi connectivity index (χ4v) is 6.21. The lowest BCUT2D eigenvalue weighted by atomic mass is 9.83. The Kier molecular flexibility index (Phi) is 12.8. The van der Waals surface area contributed by atoms with Crippen molar-refractivity contribution in [3.8, 4) is 16.9 Å². The molecule has 0 aromatic heterocycles. The molecule has 268 valence electrons. The summed E-state index contributed by atoms with van der Waals surface area (Å²) in [6.45, 7) is 6.17. The highest BCUT2D eigenvalue weighted by Gasteiger charge is 2.53. The Bertz CT molecular complexity index is 1810. The van der Waals surface area contributed by atoms with E-state index in [1.165, 1.54) is 0 Å². The van der Waals surface area contributed by atoms with Crippen molar-refractivity contribution >= 4 is 41.0 Å². The number of carbonyl (C=O) groups is 2. The van der Waals surface area contributed by atoms with E-state index >= 15 is 0 Å². The molecule has 4 aromatic rings. The lowest BCUT2D eigenvalue weighted by Crippen LogP contribution is -2.53. The van der Waals surface area contributed by atoms with Crippen LogP contribution in [0.3, 0.4) is 0 Å². The summed E-state index contributed by atoms with van der Waals surface area (Å²) >= 11 is 12.4. The smallest absolute Gasteiger partial charge is 0.306 e. The Hall–Kier alpha value is -4.41. The van der Waals surface area contributed by atoms with Gasteiger partial charge in [0.1, 0.15) is 11.4 Å². The molecule has 0 aliphatic carbocycles. The molecule has 2 atom stereocenters. The molecule has 0 fully saturated rings. The van der Waals surface area contributed by atoms with Gasteiger partial charge in [0.05, 0.1) is 6.61 Å². The third kappa shape index (κ3) is 10.1. The lowest BCUT2D eigenvalue weighted by Gasteiger charge is -2.31. The molecule has 4 aromatic carbocycles. The van der Waals surface area contributed by atoms with Gasteiger partial charge in [-0.1, -0.05) is 83.9 Å². The molecule has 0 unspecified atom stereocenters. The summed E-state index contributed by atoms with van der Waals surface area (Å²) in [5.41, 5.74) is 7.88. The van der Waals surface area contributed by atoms with Gasteiger partial charge in [-0.05, 0) is 92.3 Å². The van der Waals surface area contributed by atoms with Crippen LogP contribution in [0.1, 0.15) is 62.8 Å². The van der Waals surface area contributed by atoms with Crippen molar-refractivity contribution in [1.29, 1.82) is 0 Å². The molecule has 0 saturated carbocycles. The Balaban J connectivity index is 1.47. The van der Waals surface area contributed by atoms with Crippen LogP contribution in [0.5, 0.6) is 5.75 Å². The highest BCUT2D eigenvalue weighted by Crippen LogP contribution is 2.44. The van der Waals surface area contributed by atoms with Gasteiger partial charge in [-0.2, -0.15) is 0 Å². The molecule has 11 heteroatoms. The first kappa shape index (κ1) is 37.8. The maximum Gasteiger partial charge on any atom is 0.306 e. The first-order chi connectivity index (χ1) is 24.5. The molecule has 0 saturated heterocycles. The fourth-order valence-electron chi connectivity index (χ4n) is 5.71. The molecule has 9 nitrogen and oxygen atoms in total. The molecule has 3 N–H and O–H groups in total. The van der Waals surface area contributed by atoms with Crippen molar-refractivity contribution in [3.63, 3.8) is 0 Å². The number of nitrogens with zero attached hydrogens (tertiary/aromatic N) is 1. The van der Waals surface area contributed by atoms with Crippen molar-refractivity contribution < 1.29 is 28.9 Å². The van der Waals surface area contributed by atoms with Crippen LogP contribution in [0.2, 0.25) is 10.0 Å². The molecule has 1 aliphatic heterocycles. The molecule has 1 aliphatic rings. The number of hydrogen-bond acceptors (Lipinski definition) is 8. The molecule has 0 spiro atoms. The zero-order valence-corrected chi connectivity index (χ0v) is 30.5. The van der Waals surface area contributed by atoms with E-state index in [1.54, 1.807) is 57.2 Å². The van der Waals surface area contributed by atoms with E-state index in [9.17, 15) is 9.59 Å². The zero-order chi connectivity index (χ0) is 36.4. The van der Waals surface area contributed by atoms with Gasteiger partial charge in [-0.15, -0.1) is 0 Å². The summed E-state index contributed by atoms with van der Waals surface area (Å²) in [5, 5.41) is 10.2. The Morgan fingerprint density at radius 1 is 0.922 bits per heavy atom. The maximum absolute atomic E-state index is 14.4. The number of hydrogen-bond donors (Lipinski definition) is 3. The SMILES string of the molecule is CC(C)(C)OC(=O)CC[C@]1(C(=O)NNCCc2ccc(Cl)cc2Cl)N=C(c2ccc(OCCCO)cc2)O[C@H]1c1ccc(-c2ccccc2)cc1. The van der Waals surface area contributed by atoms with Gasteiger partial charge in [-0.3, -0.25) is 15.0 Å². The highest BCUT2D eigenvalue weighted by molar-refractivity contribution is 6.35. The Morgan fingerprint density at radius 3 is 2.27 bits per heavy atom. The van der Waals surface area contributed by atoms with Gasteiger partial charge in [0.2, 0.25) is 5.90 Å². The van der Waals surface area contributed by atoms with Gasteiger partial charge >= 0.3 is 5.97 Å². The highest BCUT2D eigenvalue weighted by atomic mass is 35.5. The number of halogens is 2. The van der Waals surface area contributed by atoms with Crippen molar-refractivity contribution in [2.75, 3.05) is 19.8 Å². The normalized spacial score (nSPS) is 17.0. The van der Waals surface area contributed by atoms with Crippen molar-refractivity contribution in [1.82, 2.24) is 10.9 Å². The minimum atomic E-state index is -1.55. The summed E-state index contributed by atoms with van der Waals surface area (Å²) in [7, 11) is 0. The predicted octanol–water partition coefficient (Wildman–Crippen LogP) is 7.66. The van der Waals surface area contributed by atoms with E-state index in [-0.39, 0.29) is 25.3 Å². The van der Waals surface area contributed by atoms with Crippen LogP contribution < -0.4 is 15.6 Å². The monoisotopic (exact) mass is 731 g/mol. The summed E-state index contributed by atoms with van der Waals surface area (Å²) in [6, 6.07) is 30.3. The molecular formula is C40H43Cl2N3O6. The van der Waals surface area contributed by atoms with E-state index < -0.39 is 29.1 Å². The topological polar surface area (TPSA) is 118 Å². The van der Waals surface area contributed by atoms with Crippen LogP contribution in [-0.4, -0.2) is 53.8 Å². The molecule has 5 rings (SSSR count). The maximum atomic E-state index is 14.4. The number of nitrogens with one attached hydrogen (secondary N) is 2. The number of esters is 1. The number of hydrazine groups is 1. The van der Waals surface area contributed by atoms with Crippen LogP contribution in [-0.2, 0) is 25.5 Å². The number of ether oxygens (including phenoxy) is 3. The van der Waals surface area contributed by atoms with Gasteiger partial charge in [0, 0.05) is 41.6 Å². The third-order valence-corrected chi connectivity index (χ3v) is 8.80. The van der Waals surface area contributed by atoms with Crippen molar-refractivity contribution in [3.05, 3.63) is 124 Å². The minimum absolute atomic E-state index is 0.00932. The number of amides is 1. The number of benzene rings is 4. The van der Waals surface area contributed by atoms with E-state index in [4.69, 9.17) is 47.5 Å². The number of aliphatic imine (C=N–C) groups is 1. The average Bonchev–Trinajstić information content (AvgIpc) is 3.51. The summed E-state index contributed by atoms with van der Waals surface area (Å²) in [6.07, 6.45) is 0.0752. The predicted molar refractivity (Wildman–Crippen MR) is 200 cm³/mol. The summed E-state index contributed by atoms with van der Waals surface area (Å²) < 4.78 is 17.9. The van der Waals surface area contributed by atoms with Gasteiger partial charge < -0.3 is 19.3 Å². The van der Waals surface area contributed by atoms with Crippen molar-refractivity contribution in [2.45, 2.75) is 63.7 Å². The van der Waals surface area contributed by atoms with Crippen LogP contribution in [0.25, 0.3) is 11.1 Å². The van der Waals surface area contributed by atoms with E-state index in [1.807, 2.05) is 60.7 Å². The first-order valence-electron chi connectivity index (χ1n) is 16.9. The number of carbonyl (C=O) groups excluding carboxylic acids is 2. The van der Waals surface area contributed by atoms with Crippen LogP contribution in [0.15, 0.2) is 102 Å². The van der Waals surface area contributed by atoms with E-state index in [0.717, 1.165) is 16.7 Å². The van der Waals surface area contributed by atoms with Crippen LogP contribution >= 0.6 is 23.2 Å². The molecular weight excluding hydrogens is 689 g/mol. The standard InChI is InChI=1S/C40H43Cl2N3O6/c1-39(2,3)51-35(47)20-22-40(38(48)45-43-23-21-29-14-17-32(41)26-34(29)42)36(30-12-10-28(11-13-30)27-8-5-4-6-9-27)50-37(44-40)31-15-18-33(19-16-31)49-25-7-24-46/h4-6,8-19,26,36,43,46H,7,20-25H2,1-3H3,(H,45,48)/t36-,40-/m0/s1. The van der Waals surface area contributed by atoms with Gasteiger partial charge in [0.15, 0.2) is 11.6 Å². The second-order valence-corrected chi connectivity index (χ2v) is 14.1. The lowest BCUT2D eigenvalue weighted by molar-refractivity contribution is -0.155. The largest absolute Gasteiger partial charge is 0.494 e. The quantitative estimate of drug-likeness (QED) is 0.0653. The second-order valence-electron chi connectivity index (χ2n) is 13.2. The number of aliphatic hydroxyl groups is 1. The summed E-state index contributed by atoms with van der Waals surface area (Å²) in [4.78, 5) is 32.5. The molecule has 1 amide bonds. The molecule has 0 radical (unpaired) electrons. The number of aliphatic hydroxyl groups excluding tert-OH is 1. The summed E-state index contributed by atoms with van der Waals surface area (Å²) in [5.74, 6) is -0.0466. The first-order valence-corrected chi connectivity index (χ1v) is 17.7. The van der Waals surface area contributed by atoms with Gasteiger partial charge in [-0.25, -0.2) is 10.4 Å². The minimum Gasteiger partial charge on any atom is -0.494 e. The van der Waals surface area contributed by atoms with Crippen LogP contribution in [0, 0.1) is 0 Å². The van der Waals surface area contributed by atoms with Crippen LogP contribution in [0.4, 0.5) is 0 Å². The second kappa shape index (κ2) is 17.2. The molecule has 51 heavy (non-hydrogen) atoms. The number of rotatable bonds is 15. The van der Waals surface area contributed by atoms with E-state index in [2.05, 4.69) is 10.9 Å². The Labute approximate surface area is 308 Å². The zero-order valence-electron chi connectivity index (χ0n) is 29.0. The fraction of sp³-hybridized carbons (Fsp3) is 0.325.